The van der Waals surface area contributed by atoms with Gasteiger partial charge in [0.05, 0.1) is 6.61 Å². The maximum Gasteiger partial charge on any atom is 0.139 e. The zero-order valence-corrected chi connectivity index (χ0v) is 10.6. The summed E-state index contributed by atoms with van der Waals surface area (Å²) < 4.78 is 8.83. The molecule has 1 N–H and O–H groups in total. The second-order valence-electron chi connectivity index (χ2n) is 4.02. The Morgan fingerprint density at radius 3 is 3.17 bits per heavy atom. The molecule has 5 heteroatoms. The number of fused-ring (bicyclic) bond motifs is 1. The molecule has 0 bridgehead atoms. The first-order valence-corrected chi connectivity index (χ1v) is 6.68. The molecule has 3 rings (SSSR count). The molecule has 2 heterocycles. The molecule has 0 saturated carbocycles. The Morgan fingerprint density at radius 2 is 2.28 bits per heavy atom. The Bertz CT molecular complexity index is 533. The van der Waals surface area contributed by atoms with Crippen molar-refractivity contribution in [2.75, 3.05) is 11.3 Å². The minimum atomic E-state index is 0.800. The van der Waals surface area contributed by atoms with Crippen molar-refractivity contribution in [3.63, 3.8) is 0 Å². The summed E-state index contributed by atoms with van der Waals surface area (Å²) in [6.07, 6.45) is 5.46. The molecule has 0 unspecified atom stereocenters. The third kappa shape index (κ3) is 2.56. The van der Waals surface area contributed by atoms with Crippen molar-refractivity contribution in [1.29, 1.82) is 0 Å². The van der Waals surface area contributed by atoms with Gasteiger partial charge in [-0.15, -0.1) is 0 Å². The topological polar surface area (TPSA) is 47.0 Å². The molecule has 0 fully saturated rings. The SMILES string of the molecule is c1cc(NSc2ccc3c(c2)OCCC3)ncn1. The van der Waals surface area contributed by atoms with Gasteiger partial charge in [0.1, 0.15) is 17.9 Å². The van der Waals surface area contributed by atoms with Gasteiger partial charge in [-0.25, -0.2) is 9.97 Å². The summed E-state index contributed by atoms with van der Waals surface area (Å²) in [7, 11) is 0. The van der Waals surface area contributed by atoms with Gasteiger partial charge in [-0.3, -0.25) is 0 Å². The average molecular weight is 259 g/mol. The van der Waals surface area contributed by atoms with Crippen molar-refractivity contribution in [2.45, 2.75) is 17.7 Å². The summed E-state index contributed by atoms with van der Waals surface area (Å²) in [6, 6.07) is 8.15. The number of benzene rings is 1. The number of anilines is 1. The number of nitrogens with one attached hydrogen (secondary N) is 1. The van der Waals surface area contributed by atoms with Gasteiger partial charge in [-0.1, -0.05) is 6.07 Å². The third-order valence-corrected chi connectivity index (χ3v) is 3.54. The molecule has 0 radical (unpaired) electrons. The molecule has 1 aliphatic rings. The molecule has 1 aliphatic heterocycles. The largest absolute Gasteiger partial charge is 0.493 e. The van der Waals surface area contributed by atoms with Crippen LogP contribution in [0.3, 0.4) is 0 Å². The molecule has 1 aromatic carbocycles. The molecule has 18 heavy (non-hydrogen) atoms. The normalized spacial score (nSPS) is 13.6. The number of nitrogens with zero attached hydrogens (tertiary/aromatic N) is 2. The van der Waals surface area contributed by atoms with E-state index in [9.17, 15) is 0 Å². The minimum Gasteiger partial charge on any atom is -0.493 e. The standard InChI is InChI=1S/C13H13N3OS/c1-2-10-3-4-11(8-12(10)17-7-1)18-16-13-5-6-14-9-15-13/h3-6,8-9H,1-2,7H2,(H,14,15,16). The molecule has 0 saturated heterocycles. The lowest BCUT2D eigenvalue weighted by molar-refractivity contribution is 0.287. The fourth-order valence-electron chi connectivity index (χ4n) is 1.85. The van der Waals surface area contributed by atoms with E-state index in [4.69, 9.17) is 4.74 Å². The van der Waals surface area contributed by atoms with Gasteiger partial charge in [0.25, 0.3) is 0 Å². The molecule has 4 nitrogen and oxygen atoms in total. The van der Waals surface area contributed by atoms with E-state index in [1.165, 1.54) is 23.8 Å². The third-order valence-electron chi connectivity index (χ3n) is 2.74. The highest BCUT2D eigenvalue weighted by molar-refractivity contribution is 8.00. The molecule has 1 aromatic heterocycles. The number of aryl methyl sites for hydroxylation is 1. The van der Waals surface area contributed by atoms with E-state index in [1.54, 1.807) is 6.20 Å². The smallest absolute Gasteiger partial charge is 0.139 e. The van der Waals surface area contributed by atoms with Gasteiger partial charge in [0.2, 0.25) is 0 Å². The summed E-state index contributed by atoms with van der Waals surface area (Å²) in [6.45, 7) is 0.820. The van der Waals surface area contributed by atoms with Gasteiger partial charge in [0, 0.05) is 11.1 Å². The van der Waals surface area contributed by atoms with Crippen molar-refractivity contribution in [3.8, 4) is 5.75 Å². The number of hydrogen-bond acceptors (Lipinski definition) is 5. The summed E-state index contributed by atoms with van der Waals surface area (Å²) in [5.74, 6) is 1.81. The Hall–Kier alpha value is -1.75. The van der Waals surface area contributed by atoms with Crippen LogP contribution in [-0.4, -0.2) is 16.6 Å². The van der Waals surface area contributed by atoms with Crippen molar-refractivity contribution in [1.82, 2.24) is 9.97 Å². The van der Waals surface area contributed by atoms with Crippen LogP contribution in [0.4, 0.5) is 5.82 Å². The lowest BCUT2D eigenvalue weighted by Crippen LogP contribution is -2.08. The highest BCUT2D eigenvalue weighted by Crippen LogP contribution is 2.30. The van der Waals surface area contributed by atoms with E-state index in [-0.39, 0.29) is 0 Å². The molecular formula is C13H13N3OS. The zero-order chi connectivity index (χ0) is 12.2. The van der Waals surface area contributed by atoms with Crippen LogP contribution in [0, 0.1) is 0 Å². The van der Waals surface area contributed by atoms with Crippen molar-refractivity contribution >= 4 is 17.8 Å². The summed E-state index contributed by atoms with van der Waals surface area (Å²) in [4.78, 5) is 9.10. The maximum atomic E-state index is 5.65. The van der Waals surface area contributed by atoms with Crippen LogP contribution in [0.25, 0.3) is 0 Å². The predicted octanol–water partition coefficient (Wildman–Crippen LogP) is 2.92. The van der Waals surface area contributed by atoms with Crippen molar-refractivity contribution in [3.05, 3.63) is 42.4 Å². The second-order valence-corrected chi connectivity index (χ2v) is 4.90. The first-order valence-electron chi connectivity index (χ1n) is 5.86. The van der Waals surface area contributed by atoms with E-state index in [2.05, 4.69) is 32.9 Å². The van der Waals surface area contributed by atoms with Gasteiger partial charge < -0.3 is 9.46 Å². The lowest BCUT2D eigenvalue weighted by atomic mass is 10.1. The van der Waals surface area contributed by atoms with E-state index < -0.39 is 0 Å². The van der Waals surface area contributed by atoms with E-state index in [0.29, 0.717) is 0 Å². The van der Waals surface area contributed by atoms with Gasteiger partial charge in [-0.2, -0.15) is 0 Å². The predicted molar refractivity (Wildman–Crippen MR) is 71.8 cm³/mol. The summed E-state index contributed by atoms with van der Waals surface area (Å²) in [5, 5.41) is 0. The van der Waals surface area contributed by atoms with Crippen LogP contribution >= 0.6 is 11.9 Å². The van der Waals surface area contributed by atoms with Crippen LogP contribution in [0.2, 0.25) is 0 Å². The molecule has 0 aliphatic carbocycles. The second kappa shape index (κ2) is 5.27. The highest BCUT2D eigenvalue weighted by Gasteiger charge is 2.10. The molecule has 92 valence electrons. The molecule has 0 spiro atoms. The first-order chi connectivity index (χ1) is 8.92. The van der Waals surface area contributed by atoms with Gasteiger partial charge in [0.15, 0.2) is 0 Å². The monoisotopic (exact) mass is 259 g/mol. The lowest BCUT2D eigenvalue weighted by Gasteiger charge is -2.17. The Labute approximate surface area is 110 Å². The fourth-order valence-corrected chi connectivity index (χ4v) is 2.49. The molecule has 2 aromatic rings. The van der Waals surface area contributed by atoms with Crippen LogP contribution in [0.15, 0.2) is 41.7 Å². The van der Waals surface area contributed by atoms with Crippen LogP contribution in [0.1, 0.15) is 12.0 Å². The first kappa shape index (κ1) is 11.3. The summed E-state index contributed by atoms with van der Waals surface area (Å²) in [5.41, 5.74) is 1.30. The van der Waals surface area contributed by atoms with E-state index >= 15 is 0 Å². The maximum absolute atomic E-state index is 5.65. The van der Waals surface area contributed by atoms with Crippen molar-refractivity contribution in [2.24, 2.45) is 0 Å². The van der Waals surface area contributed by atoms with Gasteiger partial charge in [-0.05, 0) is 48.6 Å². The number of aromatic nitrogens is 2. The number of hydrogen-bond donors (Lipinski definition) is 1. The average Bonchev–Trinajstić information content (AvgIpc) is 2.46. The van der Waals surface area contributed by atoms with E-state index in [0.717, 1.165) is 35.9 Å². The Kier molecular flexibility index (Phi) is 3.32. The van der Waals surface area contributed by atoms with Crippen LogP contribution in [-0.2, 0) is 6.42 Å². The number of ether oxygens (including phenoxy) is 1. The molecule has 0 amide bonds. The van der Waals surface area contributed by atoms with Crippen molar-refractivity contribution < 1.29 is 4.74 Å². The fraction of sp³-hybridized carbons (Fsp3) is 0.231. The Morgan fingerprint density at radius 1 is 1.28 bits per heavy atom. The van der Waals surface area contributed by atoms with Crippen LogP contribution < -0.4 is 9.46 Å². The molecule has 0 atom stereocenters. The molecular weight excluding hydrogens is 246 g/mol. The zero-order valence-electron chi connectivity index (χ0n) is 9.80. The van der Waals surface area contributed by atoms with E-state index in [1.807, 2.05) is 6.07 Å². The van der Waals surface area contributed by atoms with Gasteiger partial charge >= 0.3 is 0 Å². The quantitative estimate of drug-likeness (QED) is 0.859. The highest BCUT2D eigenvalue weighted by atomic mass is 32.2. The Balaban J connectivity index is 1.70. The number of rotatable bonds is 3. The minimum absolute atomic E-state index is 0.800. The van der Waals surface area contributed by atoms with Crippen LogP contribution in [0.5, 0.6) is 5.75 Å². The summed E-state index contributed by atoms with van der Waals surface area (Å²) >= 11 is 1.53.